The van der Waals surface area contributed by atoms with E-state index in [1.807, 2.05) is 0 Å². The van der Waals surface area contributed by atoms with E-state index in [1.54, 1.807) is 0 Å². The summed E-state index contributed by atoms with van der Waals surface area (Å²) in [6.07, 6.45) is 0. The maximum Gasteiger partial charge on any atom is 0.335 e. The second-order valence-electron chi connectivity index (χ2n) is 4.78. The van der Waals surface area contributed by atoms with E-state index in [4.69, 9.17) is 26.2 Å². The quantitative estimate of drug-likeness (QED) is 0.651. The maximum absolute atomic E-state index is 12.6. The number of carboxylic acid groups (broad SMARTS) is 1. The number of phenolic OH excluding ortho intramolecular Hbond substituents is 1. The Morgan fingerprint density at radius 1 is 1.12 bits per heavy atom. The summed E-state index contributed by atoms with van der Waals surface area (Å²) < 4.78 is 37.2. The first-order valence-corrected chi connectivity index (χ1v) is 8.56. The molecule has 2 rings (SSSR count). The van der Waals surface area contributed by atoms with E-state index in [9.17, 15) is 18.3 Å². The fourth-order valence-electron chi connectivity index (χ4n) is 2.03. The molecule has 0 fully saturated rings. The van der Waals surface area contributed by atoms with Gasteiger partial charge in [-0.3, -0.25) is 4.72 Å². The lowest BCUT2D eigenvalue weighted by Gasteiger charge is -2.15. The summed E-state index contributed by atoms with van der Waals surface area (Å²) in [6.45, 7) is 0. The van der Waals surface area contributed by atoms with Crippen LogP contribution >= 0.6 is 11.6 Å². The molecule has 0 spiro atoms. The van der Waals surface area contributed by atoms with Crippen LogP contribution in [0.3, 0.4) is 0 Å². The zero-order valence-electron chi connectivity index (χ0n) is 13.1. The molecule has 0 aliphatic heterocycles. The molecule has 2 aromatic carbocycles. The minimum atomic E-state index is -4.24. The van der Waals surface area contributed by atoms with Crippen LogP contribution in [-0.4, -0.2) is 38.8 Å². The molecule has 10 heteroatoms. The second-order valence-corrected chi connectivity index (χ2v) is 6.87. The Morgan fingerprint density at radius 2 is 1.76 bits per heavy atom. The van der Waals surface area contributed by atoms with Crippen molar-refractivity contribution in [1.82, 2.24) is 0 Å². The lowest BCUT2D eigenvalue weighted by molar-refractivity contribution is 0.0696. The van der Waals surface area contributed by atoms with Crippen molar-refractivity contribution < 1.29 is 32.9 Å². The predicted molar refractivity (Wildman–Crippen MR) is 90.4 cm³/mol. The largest absolute Gasteiger partial charge is 0.503 e. The number of nitrogens with one attached hydrogen (secondary N) is 1. The molecule has 0 saturated heterocycles. The van der Waals surface area contributed by atoms with Crippen molar-refractivity contribution in [2.75, 3.05) is 18.9 Å². The molecule has 2 aromatic rings. The van der Waals surface area contributed by atoms with Gasteiger partial charge in [0.25, 0.3) is 10.0 Å². The fourth-order valence-corrected chi connectivity index (χ4v) is 3.52. The van der Waals surface area contributed by atoms with Crippen LogP contribution in [0.5, 0.6) is 17.2 Å². The zero-order chi connectivity index (χ0) is 18.8. The minimum absolute atomic E-state index is 0.0257. The van der Waals surface area contributed by atoms with Gasteiger partial charge in [0.05, 0.1) is 25.5 Å². The highest BCUT2D eigenvalue weighted by molar-refractivity contribution is 7.92. The van der Waals surface area contributed by atoms with Crippen molar-refractivity contribution in [3.8, 4) is 17.2 Å². The Morgan fingerprint density at radius 3 is 2.32 bits per heavy atom. The van der Waals surface area contributed by atoms with Crippen molar-refractivity contribution in [2.45, 2.75) is 4.90 Å². The third-order valence-corrected chi connectivity index (χ3v) is 4.82. The molecule has 0 atom stereocenters. The third-order valence-electron chi connectivity index (χ3n) is 3.20. The topological polar surface area (TPSA) is 122 Å². The Labute approximate surface area is 148 Å². The Hall–Kier alpha value is -2.65. The zero-order valence-corrected chi connectivity index (χ0v) is 14.7. The van der Waals surface area contributed by atoms with Crippen molar-refractivity contribution in [3.05, 3.63) is 40.9 Å². The molecule has 0 radical (unpaired) electrons. The minimum Gasteiger partial charge on any atom is -0.503 e. The average molecular weight is 388 g/mol. The lowest BCUT2D eigenvalue weighted by atomic mass is 10.2. The van der Waals surface area contributed by atoms with Crippen molar-refractivity contribution >= 4 is 33.3 Å². The SMILES string of the molecule is COc1ccc(Cl)cc1S(=O)(=O)Nc1cc(C(=O)O)cc(OC)c1O. The standard InChI is InChI=1S/C15H14ClNO7S/c1-23-11-4-3-9(16)7-13(11)25(21,22)17-10-5-8(15(19)20)6-12(24-2)14(10)18/h3-7,17-18H,1-2H3,(H,19,20). The second kappa shape index (κ2) is 7.08. The molecule has 0 aliphatic carbocycles. The Balaban J connectivity index is 2.57. The van der Waals surface area contributed by atoms with Crippen LogP contribution in [0, 0.1) is 0 Å². The van der Waals surface area contributed by atoms with Crippen LogP contribution in [0.4, 0.5) is 5.69 Å². The fraction of sp³-hybridized carbons (Fsp3) is 0.133. The van der Waals surface area contributed by atoms with Gasteiger partial charge >= 0.3 is 5.97 Å². The monoisotopic (exact) mass is 387 g/mol. The van der Waals surface area contributed by atoms with Crippen molar-refractivity contribution in [3.63, 3.8) is 0 Å². The summed E-state index contributed by atoms with van der Waals surface area (Å²) >= 11 is 5.83. The number of aromatic carboxylic acids is 1. The number of hydrogen-bond donors (Lipinski definition) is 3. The Kier molecular flexibility index (Phi) is 5.29. The van der Waals surface area contributed by atoms with E-state index >= 15 is 0 Å². The van der Waals surface area contributed by atoms with Crippen molar-refractivity contribution in [2.24, 2.45) is 0 Å². The first-order chi connectivity index (χ1) is 11.7. The van der Waals surface area contributed by atoms with Crippen LogP contribution in [0.25, 0.3) is 0 Å². The van der Waals surface area contributed by atoms with Gasteiger partial charge in [-0.15, -0.1) is 0 Å². The molecule has 134 valence electrons. The smallest absolute Gasteiger partial charge is 0.335 e. The van der Waals surface area contributed by atoms with Crippen LogP contribution < -0.4 is 14.2 Å². The molecule has 0 unspecified atom stereocenters. The molecule has 0 heterocycles. The van der Waals surface area contributed by atoms with Gasteiger partial charge < -0.3 is 19.7 Å². The molecule has 0 aromatic heterocycles. The van der Waals surface area contributed by atoms with Gasteiger partial charge in [-0.2, -0.15) is 0 Å². The van der Waals surface area contributed by atoms with Crippen LogP contribution in [-0.2, 0) is 10.0 Å². The molecule has 25 heavy (non-hydrogen) atoms. The predicted octanol–water partition coefficient (Wildman–Crippen LogP) is 2.56. The summed E-state index contributed by atoms with van der Waals surface area (Å²) in [5, 5.41) is 19.3. The van der Waals surface area contributed by atoms with E-state index in [0.717, 1.165) is 18.2 Å². The lowest BCUT2D eigenvalue weighted by Crippen LogP contribution is -2.15. The highest BCUT2D eigenvalue weighted by atomic mass is 35.5. The van der Waals surface area contributed by atoms with E-state index in [1.165, 1.54) is 26.4 Å². The molecular weight excluding hydrogens is 374 g/mol. The van der Waals surface area contributed by atoms with Gasteiger partial charge in [0.1, 0.15) is 10.6 Å². The Bertz CT molecular complexity index is 928. The maximum atomic E-state index is 12.6. The van der Waals surface area contributed by atoms with E-state index in [0.29, 0.717) is 0 Å². The summed E-state index contributed by atoms with van der Waals surface area (Å²) in [5.41, 5.74) is -0.635. The van der Waals surface area contributed by atoms with Gasteiger partial charge in [-0.1, -0.05) is 11.6 Å². The van der Waals surface area contributed by atoms with Gasteiger partial charge in [-0.05, 0) is 30.3 Å². The number of sulfonamides is 1. The van der Waals surface area contributed by atoms with Gasteiger partial charge in [0, 0.05) is 5.02 Å². The van der Waals surface area contributed by atoms with Gasteiger partial charge in [-0.25, -0.2) is 13.2 Å². The number of hydrogen-bond acceptors (Lipinski definition) is 6. The van der Waals surface area contributed by atoms with Crippen LogP contribution in [0.2, 0.25) is 5.02 Å². The number of benzene rings is 2. The van der Waals surface area contributed by atoms with E-state index in [-0.39, 0.29) is 32.7 Å². The highest BCUT2D eigenvalue weighted by Crippen LogP contribution is 2.38. The number of aromatic hydroxyl groups is 1. The van der Waals surface area contributed by atoms with Crippen LogP contribution in [0.1, 0.15) is 10.4 Å². The molecule has 0 aliphatic rings. The molecule has 8 nitrogen and oxygen atoms in total. The van der Waals surface area contributed by atoms with Crippen LogP contribution in [0.15, 0.2) is 35.2 Å². The molecule has 3 N–H and O–H groups in total. The van der Waals surface area contributed by atoms with Crippen molar-refractivity contribution in [1.29, 1.82) is 0 Å². The number of anilines is 1. The van der Waals surface area contributed by atoms with E-state index in [2.05, 4.69) is 4.72 Å². The molecule has 0 bridgehead atoms. The number of carboxylic acids is 1. The average Bonchev–Trinajstić information content (AvgIpc) is 2.56. The van der Waals surface area contributed by atoms with Gasteiger partial charge in [0.15, 0.2) is 11.5 Å². The number of methoxy groups -OCH3 is 2. The summed E-state index contributed by atoms with van der Waals surface area (Å²) in [5.74, 6) is -2.05. The number of carbonyl (C=O) groups is 1. The molecule has 0 saturated carbocycles. The first-order valence-electron chi connectivity index (χ1n) is 6.70. The number of rotatable bonds is 6. The molecular formula is C15H14ClNO7S. The summed E-state index contributed by atoms with van der Waals surface area (Å²) in [6, 6.07) is 6.01. The molecule has 0 amide bonds. The number of ether oxygens (including phenoxy) is 2. The third kappa shape index (κ3) is 3.89. The highest BCUT2D eigenvalue weighted by Gasteiger charge is 2.24. The number of phenols is 1. The normalized spacial score (nSPS) is 11.0. The summed E-state index contributed by atoms with van der Waals surface area (Å²) in [4.78, 5) is 10.9. The van der Waals surface area contributed by atoms with E-state index < -0.39 is 21.7 Å². The number of halogens is 1. The first kappa shape index (κ1) is 18.7. The summed E-state index contributed by atoms with van der Waals surface area (Å²) in [7, 11) is -1.74. The van der Waals surface area contributed by atoms with Gasteiger partial charge in [0.2, 0.25) is 0 Å².